The van der Waals surface area contributed by atoms with Crippen molar-refractivity contribution in [2.75, 3.05) is 44.6 Å². The fourth-order valence-electron chi connectivity index (χ4n) is 5.22. The van der Waals surface area contributed by atoms with Crippen LogP contribution in [0.25, 0.3) is 0 Å². The highest BCUT2D eigenvalue weighted by atomic mass is 35.5. The van der Waals surface area contributed by atoms with E-state index in [0.717, 1.165) is 48.7 Å². The number of β-amino-alcohol motifs (C(OH)–C–C–N with tert-alkyl or cyclic N) is 2. The third-order valence-electron chi connectivity index (χ3n) is 7.19. The molecular weight excluding hydrogens is 486 g/mol. The van der Waals surface area contributed by atoms with Gasteiger partial charge in [-0.3, -0.25) is 0 Å². The Labute approximate surface area is 215 Å². The summed E-state index contributed by atoms with van der Waals surface area (Å²) in [5, 5.41) is 33.7. The van der Waals surface area contributed by atoms with Gasteiger partial charge in [-0.05, 0) is 42.3 Å². The fourth-order valence-corrected chi connectivity index (χ4v) is 5.41. The number of carbonyl (C=O) groups excluding carboxylic acids is 1. The number of phenolic OH excluding ortho intramolecular Hbond substituents is 1. The van der Waals surface area contributed by atoms with Crippen LogP contribution >= 0.6 is 11.6 Å². The molecule has 2 amide bonds. The SMILES string of the molecule is O=C(Nc1ccc(O)cc1OC[C@@H](O)CN1CCC2(CC1)Cc1cc(Cl)ccc1O2)N1CC[C@H](O)C1. The third kappa shape index (κ3) is 5.64. The molecule has 1 spiro atoms. The van der Waals surface area contributed by atoms with E-state index in [9.17, 15) is 20.1 Å². The number of phenols is 1. The van der Waals surface area contributed by atoms with E-state index < -0.39 is 12.2 Å². The highest BCUT2D eigenvalue weighted by Gasteiger charge is 2.42. The number of amides is 2. The Morgan fingerprint density at radius 2 is 2.03 bits per heavy atom. The minimum atomic E-state index is -0.751. The van der Waals surface area contributed by atoms with Gasteiger partial charge in [0.15, 0.2) is 0 Å². The lowest BCUT2D eigenvalue weighted by Gasteiger charge is -2.39. The van der Waals surface area contributed by atoms with Gasteiger partial charge in [-0.15, -0.1) is 0 Å². The van der Waals surface area contributed by atoms with Crippen molar-refractivity contribution in [1.29, 1.82) is 0 Å². The van der Waals surface area contributed by atoms with Gasteiger partial charge in [-0.25, -0.2) is 4.79 Å². The summed E-state index contributed by atoms with van der Waals surface area (Å²) >= 11 is 6.13. The predicted molar refractivity (Wildman–Crippen MR) is 135 cm³/mol. The number of urea groups is 1. The molecule has 2 aromatic rings. The highest BCUT2D eigenvalue weighted by Crippen LogP contribution is 2.42. The van der Waals surface area contributed by atoms with Crippen LogP contribution < -0.4 is 14.8 Å². The minimum absolute atomic E-state index is 0.00532. The van der Waals surface area contributed by atoms with E-state index in [1.807, 2.05) is 18.2 Å². The molecule has 0 bridgehead atoms. The molecule has 0 saturated carbocycles. The number of rotatable bonds is 6. The van der Waals surface area contributed by atoms with Crippen LogP contribution in [-0.4, -0.2) is 88.3 Å². The van der Waals surface area contributed by atoms with Crippen molar-refractivity contribution in [2.24, 2.45) is 0 Å². The van der Waals surface area contributed by atoms with Crippen molar-refractivity contribution in [2.45, 2.75) is 43.5 Å². The minimum Gasteiger partial charge on any atom is -0.508 e. The second-order valence-corrected chi connectivity index (χ2v) is 10.4. The summed E-state index contributed by atoms with van der Waals surface area (Å²) in [6, 6.07) is 9.84. The second kappa shape index (κ2) is 10.3. The lowest BCUT2D eigenvalue weighted by atomic mass is 9.87. The number of nitrogens with one attached hydrogen (secondary N) is 1. The van der Waals surface area contributed by atoms with Crippen molar-refractivity contribution < 1.29 is 29.6 Å². The first kappa shape index (κ1) is 25.0. The zero-order valence-electron chi connectivity index (χ0n) is 20.0. The molecule has 5 rings (SSSR count). The van der Waals surface area contributed by atoms with Crippen molar-refractivity contribution in [3.8, 4) is 17.2 Å². The molecule has 2 aromatic carbocycles. The van der Waals surface area contributed by atoms with Crippen molar-refractivity contribution >= 4 is 23.3 Å². The largest absolute Gasteiger partial charge is 0.508 e. The van der Waals surface area contributed by atoms with Crippen LogP contribution in [0.3, 0.4) is 0 Å². The predicted octanol–water partition coefficient (Wildman–Crippen LogP) is 2.85. The summed E-state index contributed by atoms with van der Waals surface area (Å²) in [6.45, 7) is 2.81. The number of ether oxygens (including phenoxy) is 2. The maximum atomic E-state index is 12.5. The summed E-state index contributed by atoms with van der Waals surface area (Å²) < 4.78 is 12.1. The molecule has 0 radical (unpaired) electrons. The standard InChI is InChI=1S/C26H32ClN3O6/c27-18-1-4-23-17(11-18)13-26(36-23)6-9-29(10-7-26)14-21(33)16-35-24-12-19(31)2-3-22(24)28-25(34)30-8-5-20(32)15-30/h1-4,11-12,20-21,31-33H,5-10,13-16H2,(H,28,34)/t20-,21-/m0/s1. The normalized spacial score (nSPS) is 21.8. The third-order valence-corrected chi connectivity index (χ3v) is 7.42. The van der Waals surface area contributed by atoms with Gasteiger partial charge in [0, 0.05) is 63.1 Å². The molecule has 2 atom stereocenters. The van der Waals surface area contributed by atoms with Gasteiger partial charge in [0.05, 0.1) is 11.8 Å². The number of aliphatic hydroxyl groups excluding tert-OH is 2. The van der Waals surface area contributed by atoms with Crippen LogP contribution in [0.2, 0.25) is 5.02 Å². The number of carbonyl (C=O) groups is 1. The molecule has 0 aromatic heterocycles. The van der Waals surface area contributed by atoms with E-state index in [2.05, 4.69) is 10.2 Å². The second-order valence-electron chi connectivity index (χ2n) is 9.98. The lowest BCUT2D eigenvalue weighted by Crippen LogP contribution is -2.49. The number of hydrogen-bond acceptors (Lipinski definition) is 7. The Morgan fingerprint density at radius 3 is 2.78 bits per heavy atom. The van der Waals surface area contributed by atoms with Gasteiger partial charge in [-0.1, -0.05) is 11.6 Å². The zero-order valence-corrected chi connectivity index (χ0v) is 20.8. The summed E-state index contributed by atoms with van der Waals surface area (Å²) in [5.41, 5.74) is 1.34. The Bertz CT molecular complexity index is 1110. The number of benzene rings is 2. The average Bonchev–Trinajstić information content (AvgIpc) is 3.44. The topological polar surface area (TPSA) is 115 Å². The monoisotopic (exact) mass is 517 g/mol. The maximum Gasteiger partial charge on any atom is 0.322 e. The molecule has 36 heavy (non-hydrogen) atoms. The van der Waals surface area contributed by atoms with E-state index in [-0.39, 0.29) is 36.3 Å². The molecule has 3 heterocycles. The first-order valence-corrected chi connectivity index (χ1v) is 12.7. The number of aliphatic hydroxyl groups is 2. The summed E-state index contributed by atoms with van der Waals surface area (Å²) in [6.07, 6.45) is 1.86. The van der Waals surface area contributed by atoms with Crippen LogP contribution in [0.4, 0.5) is 10.5 Å². The Hall–Kier alpha value is -2.72. The summed E-state index contributed by atoms with van der Waals surface area (Å²) in [4.78, 5) is 16.2. The number of likely N-dealkylation sites (tertiary alicyclic amines) is 2. The quantitative estimate of drug-likeness (QED) is 0.436. The number of fused-ring (bicyclic) bond motifs is 1. The molecule has 3 aliphatic rings. The van der Waals surface area contributed by atoms with E-state index in [1.165, 1.54) is 17.0 Å². The Morgan fingerprint density at radius 1 is 1.22 bits per heavy atom. The number of anilines is 1. The van der Waals surface area contributed by atoms with E-state index >= 15 is 0 Å². The van der Waals surface area contributed by atoms with E-state index in [1.54, 1.807) is 6.07 Å². The smallest absolute Gasteiger partial charge is 0.322 e. The van der Waals surface area contributed by atoms with Gasteiger partial charge in [0.25, 0.3) is 0 Å². The van der Waals surface area contributed by atoms with Gasteiger partial charge < -0.3 is 39.9 Å². The number of nitrogens with zero attached hydrogens (tertiary/aromatic N) is 2. The molecule has 4 N–H and O–H groups in total. The lowest BCUT2D eigenvalue weighted by molar-refractivity contribution is -0.00192. The van der Waals surface area contributed by atoms with E-state index in [0.29, 0.717) is 25.2 Å². The number of halogens is 1. The zero-order chi connectivity index (χ0) is 25.3. The van der Waals surface area contributed by atoms with Crippen LogP contribution in [0.15, 0.2) is 36.4 Å². The molecule has 9 nitrogen and oxygen atoms in total. The summed E-state index contributed by atoms with van der Waals surface area (Å²) in [5.74, 6) is 1.18. The molecule has 0 aliphatic carbocycles. The fraction of sp³-hybridized carbons (Fsp3) is 0.500. The molecular formula is C26H32ClN3O6. The molecule has 194 valence electrons. The van der Waals surface area contributed by atoms with Crippen molar-refractivity contribution in [3.63, 3.8) is 0 Å². The molecule has 2 fully saturated rings. The van der Waals surface area contributed by atoms with Crippen LogP contribution in [-0.2, 0) is 6.42 Å². The van der Waals surface area contributed by atoms with Crippen molar-refractivity contribution in [3.05, 3.63) is 47.0 Å². The maximum absolute atomic E-state index is 12.5. The first-order valence-electron chi connectivity index (χ1n) is 12.4. The van der Waals surface area contributed by atoms with Crippen LogP contribution in [0.1, 0.15) is 24.8 Å². The van der Waals surface area contributed by atoms with Gasteiger partial charge in [-0.2, -0.15) is 0 Å². The van der Waals surface area contributed by atoms with Crippen LogP contribution in [0, 0.1) is 0 Å². The Kier molecular flexibility index (Phi) is 7.16. The van der Waals surface area contributed by atoms with Crippen LogP contribution in [0.5, 0.6) is 17.2 Å². The van der Waals surface area contributed by atoms with Gasteiger partial charge in [0.2, 0.25) is 0 Å². The molecule has 10 heteroatoms. The number of hydrogen-bond donors (Lipinski definition) is 4. The number of piperidine rings is 1. The van der Waals surface area contributed by atoms with E-state index in [4.69, 9.17) is 21.1 Å². The molecule has 3 aliphatic heterocycles. The first-order chi connectivity index (χ1) is 17.3. The van der Waals surface area contributed by atoms with Gasteiger partial charge >= 0.3 is 6.03 Å². The average molecular weight is 518 g/mol. The molecule has 0 unspecified atom stereocenters. The summed E-state index contributed by atoms with van der Waals surface area (Å²) in [7, 11) is 0. The highest BCUT2D eigenvalue weighted by molar-refractivity contribution is 6.30. The Balaban J connectivity index is 1.11. The van der Waals surface area contributed by atoms with Gasteiger partial charge in [0.1, 0.15) is 35.6 Å². The molecule has 2 saturated heterocycles. The number of aromatic hydroxyl groups is 1. The van der Waals surface area contributed by atoms with Crippen molar-refractivity contribution in [1.82, 2.24) is 9.80 Å².